The fraction of sp³-hybridized carbons (Fsp3) is 0.0625. The number of nitrogens with zero attached hydrogens (tertiary/aromatic N) is 1. The molecule has 4 heteroatoms. The quantitative estimate of drug-likeness (QED) is 0.0894. The Morgan fingerprint density at radius 2 is 1.36 bits per heavy atom. The number of aromatic nitrogens is 1. The third kappa shape index (κ3) is 5.06. The van der Waals surface area contributed by atoms with E-state index in [1.54, 1.807) is 0 Å². The van der Waals surface area contributed by atoms with Gasteiger partial charge >= 0.3 is 0 Å². The van der Waals surface area contributed by atoms with Crippen molar-refractivity contribution in [3.05, 3.63) is 115 Å². The molecule has 0 saturated carbocycles. The van der Waals surface area contributed by atoms with Crippen molar-refractivity contribution in [3.8, 4) is 11.3 Å². The Labute approximate surface area is 223 Å². The predicted octanol–water partition coefficient (Wildman–Crippen LogP) is 8.20. The number of carbonyl (C=O) groups excluding carboxylic acids is 1. The van der Waals surface area contributed by atoms with Gasteiger partial charge in [-0.25, -0.2) is 0 Å². The number of hydrogen-bond donors (Lipinski definition) is 1. The number of allylic oxidation sites excluding steroid dienone is 2. The van der Waals surface area contributed by atoms with Gasteiger partial charge in [0.2, 0.25) is 0 Å². The summed E-state index contributed by atoms with van der Waals surface area (Å²) in [6.07, 6.45) is 1.17. The molecule has 3 nitrogen and oxygen atoms in total. The second-order valence-corrected chi connectivity index (χ2v) is 8.54. The number of hydrogen-bond acceptors (Lipinski definition) is 3. The van der Waals surface area contributed by atoms with Crippen LogP contribution in [0.2, 0.25) is 0 Å². The van der Waals surface area contributed by atoms with Gasteiger partial charge in [-0.15, -0.1) is 17.5 Å². The van der Waals surface area contributed by atoms with Crippen molar-refractivity contribution in [2.75, 3.05) is 0 Å². The van der Waals surface area contributed by atoms with Crippen molar-refractivity contribution in [3.63, 3.8) is 0 Å². The van der Waals surface area contributed by atoms with Gasteiger partial charge in [0.05, 0.1) is 11.3 Å². The third-order valence-electron chi connectivity index (χ3n) is 5.94. The van der Waals surface area contributed by atoms with Crippen LogP contribution in [-0.4, -0.2) is 15.9 Å². The molecule has 179 valence electrons. The smallest absolute Gasteiger partial charge is 0.155 e. The maximum Gasteiger partial charge on any atom is 0.155 e. The number of ketones is 1. The van der Waals surface area contributed by atoms with E-state index in [-0.39, 0.29) is 31.6 Å². The molecule has 1 aromatic heterocycles. The zero-order valence-corrected chi connectivity index (χ0v) is 22.3. The van der Waals surface area contributed by atoms with Crippen LogP contribution in [0.4, 0.5) is 0 Å². The Morgan fingerprint density at radius 1 is 0.722 bits per heavy atom. The first kappa shape index (κ1) is 25.2. The number of aliphatic hydroxyl groups excluding tert-OH is 1. The molecule has 36 heavy (non-hydrogen) atoms. The van der Waals surface area contributed by atoms with E-state index in [2.05, 4.69) is 103 Å². The standard InChI is InChI=1S/C27H16N.C5H8O2.Ir/c1-3-9-20-18(7-1)13-15-26-24(20)14-16-27(28-26)25-17-19-8-2-4-10-21(19)22-11-5-6-12-23(22)25;1-4(6)3-5(2)7;/h1-16H;3,6H,1-2H3;/q-1;;/b;4-3-;. The minimum Gasteiger partial charge on any atom is -0.512 e. The summed E-state index contributed by atoms with van der Waals surface area (Å²) in [7, 11) is 0. The van der Waals surface area contributed by atoms with E-state index in [0.29, 0.717) is 0 Å². The normalized spacial score (nSPS) is 11.2. The Balaban J connectivity index is 0.000000338. The molecule has 1 N–H and O–H groups in total. The Bertz CT molecular complexity index is 1750. The average molecular weight is 647 g/mol. The van der Waals surface area contributed by atoms with E-state index in [4.69, 9.17) is 10.1 Å². The molecule has 0 aliphatic carbocycles. The average Bonchev–Trinajstić information content (AvgIpc) is 2.87. The Morgan fingerprint density at radius 3 is 2.06 bits per heavy atom. The second-order valence-electron chi connectivity index (χ2n) is 8.54. The fourth-order valence-electron chi connectivity index (χ4n) is 4.49. The third-order valence-corrected chi connectivity index (χ3v) is 5.94. The largest absolute Gasteiger partial charge is 0.512 e. The number of pyridine rings is 1. The molecule has 0 fully saturated rings. The molecular formula is C32H24IrNO2-. The van der Waals surface area contributed by atoms with E-state index in [0.717, 1.165) is 22.2 Å². The number of benzene rings is 5. The van der Waals surface area contributed by atoms with E-state index in [1.165, 1.54) is 52.2 Å². The van der Waals surface area contributed by atoms with Gasteiger partial charge in [-0.3, -0.25) is 9.78 Å². The number of rotatable bonds is 2. The van der Waals surface area contributed by atoms with Crippen LogP contribution < -0.4 is 0 Å². The van der Waals surface area contributed by atoms with Crippen LogP contribution in [-0.2, 0) is 24.9 Å². The second kappa shape index (κ2) is 10.8. The van der Waals surface area contributed by atoms with Gasteiger partial charge in [0.1, 0.15) is 0 Å². The zero-order valence-electron chi connectivity index (χ0n) is 20.0. The van der Waals surface area contributed by atoms with Crippen molar-refractivity contribution in [2.45, 2.75) is 13.8 Å². The molecule has 0 saturated heterocycles. The van der Waals surface area contributed by atoms with Crippen LogP contribution in [0.25, 0.3) is 54.5 Å². The first-order valence-electron chi connectivity index (χ1n) is 11.5. The topological polar surface area (TPSA) is 50.2 Å². The van der Waals surface area contributed by atoms with Crippen molar-refractivity contribution >= 4 is 49.0 Å². The summed E-state index contributed by atoms with van der Waals surface area (Å²) >= 11 is 0. The van der Waals surface area contributed by atoms with Crippen LogP contribution in [0.15, 0.2) is 109 Å². The Hall–Kier alpha value is -3.85. The first-order valence-corrected chi connectivity index (χ1v) is 11.5. The first-order chi connectivity index (χ1) is 17.0. The maximum absolute atomic E-state index is 10.0. The van der Waals surface area contributed by atoms with Crippen LogP contribution >= 0.6 is 0 Å². The van der Waals surface area contributed by atoms with Gasteiger partial charge in [-0.1, -0.05) is 107 Å². The van der Waals surface area contributed by atoms with E-state index >= 15 is 0 Å². The molecule has 0 bridgehead atoms. The zero-order chi connectivity index (χ0) is 24.4. The molecule has 5 aromatic carbocycles. The maximum atomic E-state index is 10.0. The van der Waals surface area contributed by atoms with E-state index in [9.17, 15) is 4.79 Å². The molecule has 6 rings (SSSR count). The molecule has 0 atom stereocenters. The number of fused-ring (bicyclic) bond motifs is 6. The predicted molar refractivity (Wildman–Crippen MR) is 146 cm³/mol. The summed E-state index contributed by atoms with van der Waals surface area (Å²) in [5.41, 5.74) is 3.04. The fourth-order valence-corrected chi connectivity index (χ4v) is 4.49. The summed E-state index contributed by atoms with van der Waals surface area (Å²) < 4.78 is 0. The molecule has 6 aromatic rings. The number of carbonyl (C=O) groups is 1. The van der Waals surface area contributed by atoms with Gasteiger partial charge in [0, 0.05) is 37.3 Å². The molecule has 0 aliphatic rings. The summed E-state index contributed by atoms with van der Waals surface area (Å²) in [4.78, 5) is 15.0. The molecule has 0 spiro atoms. The Kier molecular flexibility index (Phi) is 7.59. The van der Waals surface area contributed by atoms with Gasteiger partial charge < -0.3 is 5.11 Å². The SMILES string of the molecule is CC(=O)/C=C(/C)O.[Ir].[c-]1c(-c2ccc3c(ccc4ccccc43)n2)c2ccccc2c2ccccc12. The summed E-state index contributed by atoms with van der Waals surface area (Å²) in [5.74, 6) is -0.0625. The van der Waals surface area contributed by atoms with Crippen LogP contribution in [0.3, 0.4) is 0 Å². The van der Waals surface area contributed by atoms with Crippen molar-refractivity contribution in [2.24, 2.45) is 0 Å². The van der Waals surface area contributed by atoms with Crippen LogP contribution in [0.5, 0.6) is 0 Å². The van der Waals surface area contributed by atoms with Gasteiger partial charge in [0.25, 0.3) is 0 Å². The molecule has 0 aliphatic heterocycles. The van der Waals surface area contributed by atoms with Crippen molar-refractivity contribution in [1.82, 2.24) is 4.98 Å². The van der Waals surface area contributed by atoms with Gasteiger partial charge in [-0.05, 0) is 30.7 Å². The number of aliphatic hydroxyl groups is 1. The molecule has 0 amide bonds. The monoisotopic (exact) mass is 647 g/mol. The van der Waals surface area contributed by atoms with E-state index in [1.807, 2.05) is 0 Å². The van der Waals surface area contributed by atoms with Crippen LogP contribution in [0, 0.1) is 6.07 Å². The van der Waals surface area contributed by atoms with Crippen molar-refractivity contribution < 1.29 is 30.0 Å². The van der Waals surface area contributed by atoms with Crippen LogP contribution in [0.1, 0.15) is 13.8 Å². The minimum atomic E-state index is -0.125. The summed E-state index contributed by atoms with van der Waals surface area (Å²) in [6, 6.07) is 37.7. The molecule has 1 radical (unpaired) electrons. The van der Waals surface area contributed by atoms with Gasteiger partial charge in [0.15, 0.2) is 5.78 Å². The summed E-state index contributed by atoms with van der Waals surface area (Å²) in [6.45, 7) is 2.85. The van der Waals surface area contributed by atoms with Gasteiger partial charge in [-0.2, -0.15) is 0 Å². The molecule has 1 heterocycles. The summed E-state index contributed by atoms with van der Waals surface area (Å²) in [5, 5.41) is 16.8. The van der Waals surface area contributed by atoms with E-state index < -0.39 is 0 Å². The molecular weight excluding hydrogens is 623 g/mol. The molecule has 0 unspecified atom stereocenters. The van der Waals surface area contributed by atoms with Crippen molar-refractivity contribution in [1.29, 1.82) is 0 Å². The minimum absolute atomic E-state index is 0.